The Kier molecular flexibility index (Phi) is 10.6. The zero-order chi connectivity index (χ0) is 40.7. The van der Waals surface area contributed by atoms with Crippen LogP contribution in [0, 0.1) is 12.8 Å². The van der Waals surface area contributed by atoms with Gasteiger partial charge in [-0.05, 0) is 97.8 Å². The third-order valence-electron chi connectivity index (χ3n) is 11.5. The molecule has 4 aliphatic rings. The first-order valence-electron chi connectivity index (χ1n) is 19.5. The summed E-state index contributed by atoms with van der Waals surface area (Å²) in [6, 6.07) is 23.3. The first-order valence-corrected chi connectivity index (χ1v) is 21.0. The van der Waals surface area contributed by atoms with E-state index in [-0.39, 0.29) is 59.8 Å². The number of imide groups is 2. The number of nitrogens with zero attached hydrogens (tertiary/aromatic N) is 2. The van der Waals surface area contributed by atoms with Crippen molar-refractivity contribution in [1.82, 2.24) is 14.5 Å². The van der Waals surface area contributed by atoms with Crippen LogP contribution in [0.3, 0.4) is 0 Å². The fraction of sp³-hybridized carbons (Fsp3) is 0.326. The van der Waals surface area contributed by atoms with E-state index < -0.39 is 45.7 Å². The molecule has 5 amide bonds. The highest BCUT2D eigenvalue weighted by Crippen LogP contribution is 2.49. The van der Waals surface area contributed by atoms with Gasteiger partial charge < -0.3 is 21.1 Å². The summed E-state index contributed by atoms with van der Waals surface area (Å²) in [7, 11) is -3.82. The van der Waals surface area contributed by atoms with Gasteiger partial charge in [-0.2, -0.15) is 4.31 Å². The van der Waals surface area contributed by atoms with Crippen molar-refractivity contribution in [2.24, 2.45) is 5.92 Å². The van der Waals surface area contributed by atoms with Crippen LogP contribution in [0.25, 0.3) is 11.1 Å². The van der Waals surface area contributed by atoms with E-state index in [1.165, 1.54) is 0 Å². The number of carbonyl (C=O) groups is 5. The largest absolute Gasteiger partial charge is 0.394 e. The first-order chi connectivity index (χ1) is 27.9. The van der Waals surface area contributed by atoms with Crippen molar-refractivity contribution in [3.05, 3.63) is 107 Å². The summed E-state index contributed by atoms with van der Waals surface area (Å²) in [5.41, 5.74) is 5.74. The molecule has 4 aromatic carbocycles. The van der Waals surface area contributed by atoms with E-state index in [0.29, 0.717) is 43.7 Å². The highest BCUT2D eigenvalue weighted by molar-refractivity contribution is 7.89. The molecule has 2 fully saturated rings. The number of anilines is 3. The standard InChI is InChI=1S/C43H44N6O8S/c1-25-11-14-29(15-12-25)58(56,57)48-21-19-30-35(24-50)46-33-16-13-27(23-32(33)40(30)48)26-6-4-7-28(22-26)45-37(51)10-2-3-20-44-34-9-5-8-31-39(34)43(55)49(42(31)54)36-17-18-38(52)47-41(36)53/h4-9,11-16,22-23,30,35-36,40,44,46,50H,2-3,10,17-21,24H2,1H3,(H,45,51)(H,47,52,53)/t30-,35+,36?,40-/m1/s1. The zero-order valence-electron chi connectivity index (χ0n) is 31.9. The molecule has 0 radical (unpaired) electrons. The van der Waals surface area contributed by atoms with Gasteiger partial charge in [0.25, 0.3) is 11.8 Å². The van der Waals surface area contributed by atoms with Crippen LogP contribution in [0.5, 0.6) is 0 Å². The maximum Gasteiger partial charge on any atom is 0.264 e. The molecule has 14 nitrogen and oxygen atoms in total. The number of fused-ring (bicyclic) bond motifs is 4. The van der Waals surface area contributed by atoms with Gasteiger partial charge in [-0.3, -0.25) is 34.2 Å². The molecule has 5 N–H and O–H groups in total. The summed E-state index contributed by atoms with van der Waals surface area (Å²) in [4.78, 5) is 64.8. The monoisotopic (exact) mass is 804 g/mol. The highest BCUT2D eigenvalue weighted by Gasteiger charge is 2.49. The molecule has 8 rings (SSSR count). The topological polar surface area (TPSA) is 194 Å². The minimum atomic E-state index is -3.82. The van der Waals surface area contributed by atoms with Crippen LogP contribution in [-0.4, -0.2) is 84.0 Å². The van der Waals surface area contributed by atoms with E-state index in [4.69, 9.17) is 0 Å². The number of piperidine rings is 1. The molecule has 2 saturated heterocycles. The second-order valence-electron chi connectivity index (χ2n) is 15.2. The van der Waals surface area contributed by atoms with E-state index >= 15 is 0 Å². The number of sulfonamides is 1. The van der Waals surface area contributed by atoms with Gasteiger partial charge in [0.05, 0.1) is 34.7 Å². The molecule has 58 heavy (non-hydrogen) atoms. The van der Waals surface area contributed by atoms with Crippen LogP contribution >= 0.6 is 0 Å². The summed E-state index contributed by atoms with van der Waals surface area (Å²) < 4.78 is 29.5. The number of rotatable bonds is 12. The summed E-state index contributed by atoms with van der Waals surface area (Å²) in [6.45, 7) is 2.56. The molecule has 1 unspecified atom stereocenters. The summed E-state index contributed by atoms with van der Waals surface area (Å²) in [6.07, 6.45) is 2.10. The van der Waals surface area contributed by atoms with Crippen LogP contribution in [0.2, 0.25) is 0 Å². The van der Waals surface area contributed by atoms with Crippen molar-refractivity contribution < 1.29 is 37.5 Å². The number of hydrogen-bond acceptors (Lipinski definition) is 10. The number of benzene rings is 4. The molecule has 300 valence electrons. The Morgan fingerprint density at radius 1 is 0.897 bits per heavy atom. The third-order valence-corrected chi connectivity index (χ3v) is 13.4. The number of amides is 5. The zero-order valence-corrected chi connectivity index (χ0v) is 32.7. The normalized spacial score (nSPS) is 21.5. The number of aryl methyl sites for hydroxylation is 1. The number of aliphatic hydroxyl groups excluding tert-OH is 1. The molecule has 4 aromatic rings. The second-order valence-corrected chi connectivity index (χ2v) is 17.1. The Labute approximate surface area is 336 Å². The number of unbranched alkanes of at least 4 members (excludes halogenated alkanes) is 1. The molecule has 0 aromatic heterocycles. The molecule has 15 heteroatoms. The molecule has 4 atom stereocenters. The van der Waals surface area contributed by atoms with Crippen LogP contribution < -0.4 is 21.3 Å². The van der Waals surface area contributed by atoms with Crippen LogP contribution in [0.15, 0.2) is 89.8 Å². The Hall–Kier alpha value is -5.90. The second kappa shape index (κ2) is 15.8. The average Bonchev–Trinajstić information content (AvgIpc) is 3.78. The Morgan fingerprint density at radius 2 is 1.67 bits per heavy atom. The molecular weight excluding hydrogens is 761 g/mol. The van der Waals surface area contributed by atoms with Crippen molar-refractivity contribution in [3.63, 3.8) is 0 Å². The van der Waals surface area contributed by atoms with Crippen molar-refractivity contribution in [1.29, 1.82) is 0 Å². The lowest BCUT2D eigenvalue weighted by atomic mass is 9.82. The summed E-state index contributed by atoms with van der Waals surface area (Å²) in [5.74, 6) is -2.55. The molecule has 0 bridgehead atoms. The third kappa shape index (κ3) is 7.25. The van der Waals surface area contributed by atoms with E-state index in [0.717, 1.165) is 32.8 Å². The van der Waals surface area contributed by atoms with Crippen LogP contribution in [0.1, 0.15) is 76.4 Å². The Bertz CT molecular complexity index is 2440. The predicted molar refractivity (Wildman–Crippen MR) is 216 cm³/mol. The maximum atomic E-state index is 14.0. The van der Waals surface area contributed by atoms with Gasteiger partial charge in [0.15, 0.2) is 0 Å². The summed E-state index contributed by atoms with van der Waals surface area (Å²) in [5, 5.41) is 22.1. The lowest BCUT2D eigenvalue weighted by Crippen LogP contribution is -2.54. The van der Waals surface area contributed by atoms with Gasteiger partial charge in [-0.15, -0.1) is 0 Å². The minimum Gasteiger partial charge on any atom is -0.394 e. The van der Waals surface area contributed by atoms with Crippen molar-refractivity contribution in [3.8, 4) is 11.1 Å². The number of carbonyl (C=O) groups excluding carboxylic acids is 5. The van der Waals surface area contributed by atoms with Gasteiger partial charge in [-0.1, -0.05) is 42.0 Å². The van der Waals surface area contributed by atoms with Crippen molar-refractivity contribution in [2.45, 2.75) is 68.5 Å². The van der Waals surface area contributed by atoms with Crippen molar-refractivity contribution >= 4 is 56.6 Å². The Balaban J connectivity index is 0.895. The van der Waals surface area contributed by atoms with Gasteiger partial charge in [0, 0.05) is 48.9 Å². The predicted octanol–water partition coefficient (Wildman–Crippen LogP) is 4.82. The van der Waals surface area contributed by atoms with E-state index in [9.17, 15) is 37.5 Å². The van der Waals surface area contributed by atoms with Gasteiger partial charge in [-0.25, -0.2) is 8.42 Å². The van der Waals surface area contributed by atoms with Gasteiger partial charge in [0.2, 0.25) is 27.7 Å². The molecule has 4 heterocycles. The summed E-state index contributed by atoms with van der Waals surface area (Å²) >= 11 is 0. The molecule has 4 aliphatic heterocycles. The lowest BCUT2D eigenvalue weighted by molar-refractivity contribution is -0.136. The average molecular weight is 805 g/mol. The quantitative estimate of drug-likeness (QED) is 0.0979. The van der Waals surface area contributed by atoms with Gasteiger partial charge >= 0.3 is 0 Å². The maximum absolute atomic E-state index is 14.0. The van der Waals surface area contributed by atoms with E-state index in [1.807, 2.05) is 49.4 Å². The smallest absolute Gasteiger partial charge is 0.264 e. The first kappa shape index (κ1) is 38.9. The van der Waals surface area contributed by atoms with Crippen molar-refractivity contribution in [2.75, 3.05) is 35.6 Å². The minimum absolute atomic E-state index is 0.0405. The molecule has 0 saturated carbocycles. The number of hydrogen-bond donors (Lipinski definition) is 5. The van der Waals surface area contributed by atoms with Crippen LogP contribution in [-0.2, 0) is 24.4 Å². The van der Waals surface area contributed by atoms with E-state index in [1.54, 1.807) is 46.8 Å². The SMILES string of the molecule is Cc1ccc(S(=O)(=O)N2CC[C@@H]3[C@H](CO)Nc4ccc(-c5cccc(NC(=O)CCCCNc6cccc7c6C(=O)N(C6CCC(=O)NC6=O)C7=O)c5)cc4[C@@H]32)cc1. The fourth-order valence-corrected chi connectivity index (χ4v) is 10.3. The molecule has 0 aliphatic carbocycles. The highest BCUT2D eigenvalue weighted by atomic mass is 32.2. The van der Waals surface area contributed by atoms with Crippen LogP contribution in [0.4, 0.5) is 17.1 Å². The van der Waals surface area contributed by atoms with E-state index in [2.05, 4.69) is 21.3 Å². The Morgan fingerprint density at radius 3 is 2.45 bits per heavy atom. The lowest BCUT2D eigenvalue weighted by Gasteiger charge is -2.39. The molecule has 0 spiro atoms. The fourth-order valence-electron chi connectivity index (χ4n) is 8.61. The number of nitrogens with one attached hydrogen (secondary N) is 4. The molecular formula is C43H44N6O8S. The number of aliphatic hydroxyl groups is 1. The van der Waals surface area contributed by atoms with Gasteiger partial charge in [0.1, 0.15) is 6.04 Å².